The second kappa shape index (κ2) is 10.6. The molecule has 0 heterocycles. The van der Waals surface area contributed by atoms with E-state index in [9.17, 15) is 14.4 Å². The first-order valence-corrected chi connectivity index (χ1v) is 10.6. The van der Waals surface area contributed by atoms with Gasteiger partial charge in [-0.05, 0) is 35.1 Å². The van der Waals surface area contributed by atoms with E-state index in [1.54, 1.807) is 7.05 Å². The second-order valence-electron chi connectivity index (χ2n) is 7.69. The lowest BCUT2D eigenvalue weighted by Gasteiger charge is -2.14. The first-order chi connectivity index (χ1) is 15.0. The minimum Gasteiger partial charge on any atom is -0.449 e. The molecule has 7 heteroatoms. The fraction of sp³-hybridized carbons (Fsp3) is 0.375. The molecule has 3 amide bonds. The van der Waals surface area contributed by atoms with Gasteiger partial charge in [-0.25, -0.2) is 4.79 Å². The van der Waals surface area contributed by atoms with Crippen molar-refractivity contribution in [3.63, 3.8) is 0 Å². The molecule has 1 aliphatic rings. The zero-order chi connectivity index (χ0) is 22.2. The fourth-order valence-corrected chi connectivity index (χ4v) is 3.88. The van der Waals surface area contributed by atoms with Crippen molar-refractivity contribution in [2.45, 2.75) is 25.7 Å². The minimum absolute atomic E-state index is 0.0109. The highest BCUT2D eigenvalue weighted by molar-refractivity contribution is 5.82. The molecule has 3 N–H and O–H groups in total. The topological polar surface area (TPSA) is 96.5 Å². The summed E-state index contributed by atoms with van der Waals surface area (Å²) < 4.78 is 5.41. The largest absolute Gasteiger partial charge is 0.449 e. The van der Waals surface area contributed by atoms with Gasteiger partial charge in [0.15, 0.2) is 0 Å². The van der Waals surface area contributed by atoms with Crippen molar-refractivity contribution in [3.05, 3.63) is 59.7 Å². The maximum Gasteiger partial charge on any atom is 0.407 e. The summed E-state index contributed by atoms with van der Waals surface area (Å²) in [5.41, 5.74) is 4.61. The van der Waals surface area contributed by atoms with E-state index in [0.29, 0.717) is 19.4 Å². The number of carbonyl (C=O) groups is 3. The Morgan fingerprint density at radius 1 is 0.968 bits per heavy atom. The highest BCUT2D eigenvalue weighted by Gasteiger charge is 2.29. The molecule has 0 saturated carbocycles. The Morgan fingerprint density at radius 2 is 1.58 bits per heavy atom. The lowest BCUT2D eigenvalue weighted by atomic mass is 9.98. The number of hydrogen-bond acceptors (Lipinski definition) is 4. The third-order valence-corrected chi connectivity index (χ3v) is 5.57. The number of benzene rings is 2. The Kier molecular flexibility index (Phi) is 7.65. The molecule has 7 nitrogen and oxygen atoms in total. The summed E-state index contributed by atoms with van der Waals surface area (Å²) in [7, 11) is 1.61. The molecule has 0 fully saturated rings. The van der Waals surface area contributed by atoms with Crippen molar-refractivity contribution in [1.82, 2.24) is 16.0 Å². The zero-order valence-electron chi connectivity index (χ0n) is 17.9. The summed E-state index contributed by atoms with van der Waals surface area (Å²) in [6.45, 7) is 2.35. The molecule has 0 spiro atoms. The predicted molar refractivity (Wildman–Crippen MR) is 119 cm³/mol. The van der Waals surface area contributed by atoms with Gasteiger partial charge >= 0.3 is 6.09 Å². The molecule has 1 atom stereocenters. The zero-order valence-corrected chi connectivity index (χ0v) is 17.9. The first kappa shape index (κ1) is 22.3. The maximum absolute atomic E-state index is 12.1. The van der Waals surface area contributed by atoms with Crippen molar-refractivity contribution < 1.29 is 19.1 Å². The molecule has 3 rings (SSSR count). The number of fused-ring (bicyclic) bond motifs is 3. The van der Waals surface area contributed by atoms with E-state index in [4.69, 9.17) is 4.74 Å². The SMILES string of the molecule is CNC(=O)C(C)CCCNC(=O)CNC(=O)OCC1c2ccccc2-c2ccccc21. The van der Waals surface area contributed by atoms with E-state index in [2.05, 4.69) is 40.2 Å². The minimum atomic E-state index is -0.620. The van der Waals surface area contributed by atoms with Gasteiger partial charge in [-0.3, -0.25) is 9.59 Å². The molecule has 2 aromatic carbocycles. The normalized spacial score (nSPS) is 13.0. The van der Waals surface area contributed by atoms with Crippen LogP contribution in [0.25, 0.3) is 11.1 Å². The smallest absolute Gasteiger partial charge is 0.407 e. The van der Waals surface area contributed by atoms with E-state index < -0.39 is 6.09 Å². The number of hydrogen-bond donors (Lipinski definition) is 3. The van der Waals surface area contributed by atoms with E-state index in [0.717, 1.165) is 22.3 Å². The van der Waals surface area contributed by atoms with Crippen LogP contribution in [0.4, 0.5) is 4.79 Å². The Morgan fingerprint density at radius 3 is 2.19 bits per heavy atom. The van der Waals surface area contributed by atoms with Gasteiger partial charge < -0.3 is 20.7 Å². The highest BCUT2D eigenvalue weighted by atomic mass is 16.5. The van der Waals surface area contributed by atoms with Crippen LogP contribution >= 0.6 is 0 Å². The third-order valence-electron chi connectivity index (χ3n) is 5.57. The third kappa shape index (κ3) is 5.63. The molecule has 1 unspecified atom stereocenters. The molecule has 1 aliphatic carbocycles. The first-order valence-electron chi connectivity index (χ1n) is 10.6. The molecule has 31 heavy (non-hydrogen) atoms. The molecule has 0 radical (unpaired) electrons. The summed E-state index contributed by atoms with van der Waals surface area (Å²) >= 11 is 0. The van der Waals surface area contributed by atoms with Crippen LogP contribution in [0.5, 0.6) is 0 Å². The van der Waals surface area contributed by atoms with Crippen LogP contribution in [-0.2, 0) is 14.3 Å². The van der Waals surface area contributed by atoms with Crippen LogP contribution in [0.3, 0.4) is 0 Å². The maximum atomic E-state index is 12.1. The highest BCUT2D eigenvalue weighted by Crippen LogP contribution is 2.44. The van der Waals surface area contributed by atoms with Crippen LogP contribution in [0.1, 0.15) is 36.8 Å². The van der Waals surface area contributed by atoms with Crippen molar-refractivity contribution in [2.24, 2.45) is 5.92 Å². The Labute approximate surface area is 182 Å². The van der Waals surface area contributed by atoms with Crippen molar-refractivity contribution in [3.8, 4) is 11.1 Å². The van der Waals surface area contributed by atoms with Crippen LogP contribution < -0.4 is 16.0 Å². The van der Waals surface area contributed by atoms with E-state index >= 15 is 0 Å². The number of carbonyl (C=O) groups excluding carboxylic acids is 3. The summed E-state index contributed by atoms with van der Waals surface area (Å²) in [6.07, 6.45) is 0.746. The molecule has 0 aromatic heterocycles. The number of nitrogens with one attached hydrogen (secondary N) is 3. The quantitative estimate of drug-likeness (QED) is 0.541. The van der Waals surface area contributed by atoms with E-state index in [1.165, 1.54) is 0 Å². The van der Waals surface area contributed by atoms with Crippen molar-refractivity contribution >= 4 is 17.9 Å². The van der Waals surface area contributed by atoms with Gasteiger partial charge in [0.25, 0.3) is 0 Å². The lowest BCUT2D eigenvalue weighted by Crippen LogP contribution is -2.38. The van der Waals surface area contributed by atoms with Gasteiger partial charge in [-0.1, -0.05) is 55.5 Å². The van der Waals surface area contributed by atoms with Gasteiger partial charge in [-0.2, -0.15) is 0 Å². The lowest BCUT2D eigenvalue weighted by molar-refractivity contribution is -0.124. The van der Waals surface area contributed by atoms with E-state index in [1.807, 2.05) is 31.2 Å². The molecule has 0 bridgehead atoms. The van der Waals surface area contributed by atoms with Crippen molar-refractivity contribution in [2.75, 3.05) is 26.7 Å². The summed E-state index contributed by atoms with van der Waals surface area (Å²) in [6, 6.07) is 16.2. The molecular formula is C24H29N3O4. The standard InChI is InChI=1S/C24H29N3O4/c1-16(23(29)25-2)8-7-13-26-22(28)14-27-24(30)31-15-21-19-11-5-3-9-17(19)18-10-4-6-12-20(18)21/h3-6,9-12,16,21H,7-8,13-15H2,1-2H3,(H,25,29)(H,26,28)(H,27,30). The van der Waals surface area contributed by atoms with Crippen LogP contribution in [0.15, 0.2) is 48.5 Å². The van der Waals surface area contributed by atoms with Gasteiger partial charge in [0, 0.05) is 25.4 Å². The molecule has 0 aliphatic heterocycles. The summed E-state index contributed by atoms with van der Waals surface area (Å²) in [5, 5.41) is 7.83. The summed E-state index contributed by atoms with van der Waals surface area (Å²) in [4.78, 5) is 35.5. The van der Waals surface area contributed by atoms with E-state index in [-0.39, 0.29) is 36.8 Å². The number of ether oxygens (including phenoxy) is 1. The van der Waals surface area contributed by atoms with Crippen LogP contribution in [-0.4, -0.2) is 44.7 Å². The average Bonchev–Trinajstić information content (AvgIpc) is 3.12. The summed E-state index contributed by atoms with van der Waals surface area (Å²) in [5.74, 6) is -0.417. The predicted octanol–water partition coefficient (Wildman–Crippen LogP) is 2.80. The van der Waals surface area contributed by atoms with Crippen LogP contribution in [0.2, 0.25) is 0 Å². The Bertz CT molecular complexity index is 898. The Hall–Kier alpha value is -3.35. The average molecular weight is 424 g/mol. The van der Waals surface area contributed by atoms with Gasteiger partial charge in [0.1, 0.15) is 6.61 Å². The number of alkyl carbamates (subject to hydrolysis) is 1. The number of rotatable bonds is 9. The Balaban J connectivity index is 1.40. The molecule has 0 saturated heterocycles. The number of amides is 3. The molecular weight excluding hydrogens is 394 g/mol. The van der Waals surface area contributed by atoms with Crippen molar-refractivity contribution in [1.29, 1.82) is 0 Å². The van der Waals surface area contributed by atoms with Gasteiger partial charge in [0.2, 0.25) is 11.8 Å². The monoisotopic (exact) mass is 423 g/mol. The van der Waals surface area contributed by atoms with Gasteiger partial charge in [0.05, 0.1) is 6.54 Å². The van der Waals surface area contributed by atoms with Crippen LogP contribution in [0, 0.1) is 5.92 Å². The van der Waals surface area contributed by atoms with Gasteiger partial charge in [-0.15, -0.1) is 0 Å². The fourth-order valence-electron chi connectivity index (χ4n) is 3.88. The second-order valence-corrected chi connectivity index (χ2v) is 7.69. The molecule has 164 valence electrons. The molecule has 2 aromatic rings.